The Bertz CT molecular complexity index is 745. The minimum atomic E-state index is -0.185. The first-order valence-corrected chi connectivity index (χ1v) is 6.87. The lowest BCUT2D eigenvalue weighted by molar-refractivity contribution is 0.624. The molecule has 0 atom stereocenters. The Morgan fingerprint density at radius 3 is 2.86 bits per heavy atom. The number of rotatable bonds is 5. The van der Waals surface area contributed by atoms with Gasteiger partial charge in [-0.1, -0.05) is 12.1 Å². The van der Waals surface area contributed by atoms with Gasteiger partial charge >= 0.3 is 0 Å². The van der Waals surface area contributed by atoms with Crippen LogP contribution in [0.15, 0.2) is 48.8 Å². The van der Waals surface area contributed by atoms with Crippen molar-refractivity contribution in [2.45, 2.75) is 12.8 Å². The van der Waals surface area contributed by atoms with Gasteiger partial charge in [0.1, 0.15) is 17.2 Å². The molecule has 0 saturated heterocycles. The zero-order chi connectivity index (χ0) is 14.5. The molecule has 0 amide bonds. The van der Waals surface area contributed by atoms with E-state index < -0.39 is 0 Å². The number of aryl methyl sites for hydroxylation is 1. The van der Waals surface area contributed by atoms with E-state index >= 15 is 0 Å². The van der Waals surface area contributed by atoms with Crippen LogP contribution >= 0.6 is 0 Å². The maximum atomic E-state index is 13.1. The van der Waals surface area contributed by atoms with Crippen LogP contribution in [0.2, 0.25) is 0 Å². The first-order chi connectivity index (χ1) is 10.3. The van der Waals surface area contributed by atoms with E-state index in [2.05, 4.69) is 20.3 Å². The van der Waals surface area contributed by atoms with Gasteiger partial charge in [0.15, 0.2) is 5.65 Å². The van der Waals surface area contributed by atoms with Gasteiger partial charge in [-0.3, -0.25) is 4.98 Å². The summed E-state index contributed by atoms with van der Waals surface area (Å²) in [5.41, 5.74) is 2.42. The topological polar surface area (TPSA) is 50.7 Å². The van der Waals surface area contributed by atoms with Gasteiger partial charge in [0.25, 0.3) is 0 Å². The monoisotopic (exact) mass is 282 g/mol. The molecule has 0 fully saturated rings. The van der Waals surface area contributed by atoms with Crippen LogP contribution in [0, 0.1) is 5.82 Å². The molecule has 4 nitrogen and oxygen atoms in total. The third-order valence-electron chi connectivity index (χ3n) is 3.17. The molecule has 0 aliphatic rings. The molecule has 0 aliphatic carbocycles. The van der Waals surface area contributed by atoms with E-state index in [9.17, 15) is 4.39 Å². The van der Waals surface area contributed by atoms with Crippen molar-refractivity contribution in [3.8, 4) is 0 Å². The highest BCUT2D eigenvalue weighted by Crippen LogP contribution is 2.11. The average molecular weight is 282 g/mol. The third kappa shape index (κ3) is 3.51. The average Bonchev–Trinajstić information content (AvgIpc) is 2.51. The van der Waals surface area contributed by atoms with Gasteiger partial charge in [0, 0.05) is 18.9 Å². The summed E-state index contributed by atoms with van der Waals surface area (Å²) in [7, 11) is 0. The fraction of sp³-hybridized carbons (Fsp3) is 0.188. The minimum absolute atomic E-state index is 0.185. The second-order valence-electron chi connectivity index (χ2n) is 4.76. The minimum Gasteiger partial charge on any atom is -0.370 e. The van der Waals surface area contributed by atoms with Crippen LogP contribution in [-0.4, -0.2) is 21.5 Å². The van der Waals surface area contributed by atoms with E-state index in [0.29, 0.717) is 5.65 Å². The Labute approximate surface area is 122 Å². The number of nitrogens with zero attached hydrogens (tertiary/aromatic N) is 3. The number of halogens is 1. The van der Waals surface area contributed by atoms with Crippen molar-refractivity contribution in [3.05, 3.63) is 60.2 Å². The molecule has 0 unspecified atom stereocenters. The molecule has 1 aromatic carbocycles. The van der Waals surface area contributed by atoms with Crippen molar-refractivity contribution in [3.63, 3.8) is 0 Å². The number of benzene rings is 1. The summed E-state index contributed by atoms with van der Waals surface area (Å²) < 4.78 is 13.1. The van der Waals surface area contributed by atoms with Crippen LogP contribution in [0.4, 0.5) is 10.2 Å². The van der Waals surface area contributed by atoms with E-state index in [1.165, 1.54) is 6.07 Å². The summed E-state index contributed by atoms with van der Waals surface area (Å²) in [5.74, 6) is 0.595. The predicted octanol–water partition coefficient (Wildman–Crippen LogP) is 3.21. The van der Waals surface area contributed by atoms with Gasteiger partial charge in [0.05, 0.1) is 0 Å². The molecule has 0 radical (unpaired) electrons. The maximum Gasteiger partial charge on any atom is 0.180 e. The molecule has 0 spiro atoms. The smallest absolute Gasteiger partial charge is 0.180 e. The standard InChI is InChI=1S/C16H15FN4/c17-13-5-1-3-12(11-13)4-2-8-19-15-7-6-14-16(21-15)20-10-9-18-14/h1,3,5-7,9-11H,2,4,8H2,(H,19,20,21). The SMILES string of the molecule is Fc1cccc(CCCNc2ccc3nccnc3n2)c1. The van der Waals surface area contributed by atoms with E-state index in [4.69, 9.17) is 0 Å². The van der Waals surface area contributed by atoms with Crippen LogP contribution in [0.5, 0.6) is 0 Å². The molecule has 3 aromatic rings. The number of anilines is 1. The number of aromatic nitrogens is 3. The van der Waals surface area contributed by atoms with Crippen molar-refractivity contribution in [1.82, 2.24) is 15.0 Å². The summed E-state index contributed by atoms with van der Waals surface area (Å²) >= 11 is 0. The van der Waals surface area contributed by atoms with Crippen molar-refractivity contribution in [2.24, 2.45) is 0 Å². The fourth-order valence-corrected chi connectivity index (χ4v) is 2.15. The van der Waals surface area contributed by atoms with Crippen molar-refractivity contribution in [1.29, 1.82) is 0 Å². The molecule has 2 aromatic heterocycles. The number of nitrogens with one attached hydrogen (secondary N) is 1. The van der Waals surface area contributed by atoms with Gasteiger partial charge in [-0.2, -0.15) is 0 Å². The third-order valence-corrected chi connectivity index (χ3v) is 3.17. The lowest BCUT2D eigenvalue weighted by Gasteiger charge is -2.06. The van der Waals surface area contributed by atoms with Crippen molar-refractivity contribution >= 4 is 17.0 Å². The van der Waals surface area contributed by atoms with Gasteiger partial charge in [-0.05, 0) is 42.7 Å². The Kier molecular flexibility index (Phi) is 4.00. The number of hydrogen-bond donors (Lipinski definition) is 1. The normalized spacial score (nSPS) is 10.7. The molecule has 0 aliphatic heterocycles. The molecule has 2 heterocycles. The summed E-state index contributed by atoms with van der Waals surface area (Å²) in [6, 6.07) is 10.5. The van der Waals surface area contributed by atoms with Crippen molar-refractivity contribution < 1.29 is 4.39 Å². The molecule has 0 bridgehead atoms. The highest BCUT2D eigenvalue weighted by Gasteiger charge is 2.00. The van der Waals surface area contributed by atoms with Crippen LogP contribution in [0.3, 0.4) is 0 Å². The highest BCUT2D eigenvalue weighted by molar-refractivity contribution is 5.71. The maximum absolute atomic E-state index is 13.1. The molecule has 3 rings (SSSR count). The second-order valence-corrected chi connectivity index (χ2v) is 4.76. The summed E-state index contributed by atoms with van der Waals surface area (Å²) in [6.45, 7) is 0.773. The van der Waals surface area contributed by atoms with Crippen LogP contribution in [0.1, 0.15) is 12.0 Å². The molecule has 1 N–H and O–H groups in total. The van der Waals surface area contributed by atoms with E-state index in [1.54, 1.807) is 24.5 Å². The highest BCUT2D eigenvalue weighted by atomic mass is 19.1. The van der Waals surface area contributed by atoms with E-state index in [-0.39, 0.29) is 5.82 Å². The number of pyridine rings is 1. The predicted molar refractivity (Wildman–Crippen MR) is 80.5 cm³/mol. The largest absolute Gasteiger partial charge is 0.370 e. The van der Waals surface area contributed by atoms with E-state index in [1.807, 2.05) is 18.2 Å². The van der Waals surface area contributed by atoms with Gasteiger partial charge in [-0.25, -0.2) is 14.4 Å². The molecular weight excluding hydrogens is 267 g/mol. The first-order valence-electron chi connectivity index (χ1n) is 6.87. The van der Waals surface area contributed by atoms with Crippen LogP contribution < -0.4 is 5.32 Å². The molecule has 21 heavy (non-hydrogen) atoms. The molecule has 106 valence electrons. The van der Waals surface area contributed by atoms with Gasteiger partial charge in [0.2, 0.25) is 0 Å². The van der Waals surface area contributed by atoms with Crippen molar-refractivity contribution in [2.75, 3.05) is 11.9 Å². The lowest BCUT2D eigenvalue weighted by Crippen LogP contribution is -2.05. The molecule has 5 heteroatoms. The zero-order valence-corrected chi connectivity index (χ0v) is 11.5. The van der Waals surface area contributed by atoms with Gasteiger partial charge < -0.3 is 5.32 Å². The Hall–Kier alpha value is -2.56. The Morgan fingerprint density at radius 1 is 1.05 bits per heavy atom. The Balaban J connectivity index is 1.54. The lowest BCUT2D eigenvalue weighted by atomic mass is 10.1. The molecular formula is C16H15FN4. The summed E-state index contributed by atoms with van der Waals surface area (Å²) in [4.78, 5) is 12.7. The second kappa shape index (κ2) is 6.26. The van der Waals surface area contributed by atoms with Gasteiger partial charge in [-0.15, -0.1) is 0 Å². The number of fused-ring (bicyclic) bond motifs is 1. The zero-order valence-electron chi connectivity index (χ0n) is 11.5. The number of hydrogen-bond acceptors (Lipinski definition) is 4. The fourth-order valence-electron chi connectivity index (χ4n) is 2.15. The summed E-state index contributed by atoms with van der Waals surface area (Å²) in [5, 5.41) is 3.25. The first kappa shape index (κ1) is 13.4. The van der Waals surface area contributed by atoms with Crippen LogP contribution in [0.25, 0.3) is 11.2 Å². The Morgan fingerprint density at radius 2 is 1.95 bits per heavy atom. The molecule has 0 saturated carbocycles. The van der Waals surface area contributed by atoms with Crippen LogP contribution in [-0.2, 0) is 6.42 Å². The quantitative estimate of drug-likeness (QED) is 0.730. The summed E-state index contributed by atoms with van der Waals surface area (Å²) in [6.07, 6.45) is 5.01. The van der Waals surface area contributed by atoms with E-state index in [0.717, 1.165) is 36.3 Å².